The Bertz CT molecular complexity index is 147. The summed E-state index contributed by atoms with van der Waals surface area (Å²) in [5, 5.41) is 0. The number of unbranched alkanes of at least 4 members (excludes halogenated alkanes) is 2. The van der Waals surface area contributed by atoms with E-state index in [0.717, 1.165) is 25.3 Å². The molecule has 0 spiro atoms. The maximum Gasteiger partial charge on any atom is 0.132 e. The second-order valence-corrected chi connectivity index (χ2v) is 10.7. The molecule has 0 aromatic rings. The topological polar surface area (TPSA) is 17.1 Å². The van der Waals surface area contributed by atoms with Crippen LogP contribution in [0.2, 0.25) is 25.7 Å². The summed E-state index contributed by atoms with van der Waals surface area (Å²) < 4.78 is 0. The summed E-state index contributed by atoms with van der Waals surface area (Å²) in [5.41, 5.74) is 0. The number of hydrogen-bond donors (Lipinski definition) is 0. The van der Waals surface area contributed by atoms with E-state index in [1.807, 2.05) is 0 Å². The minimum absolute atomic E-state index is 0.482. The summed E-state index contributed by atoms with van der Waals surface area (Å²) in [7, 11) is -0.988. The van der Waals surface area contributed by atoms with E-state index in [9.17, 15) is 4.79 Å². The van der Waals surface area contributed by atoms with Crippen molar-refractivity contribution in [1.29, 1.82) is 0 Å². The van der Waals surface area contributed by atoms with Gasteiger partial charge in [-0.15, -0.1) is 0 Å². The average molecular weight is 200 g/mol. The zero-order chi connectivity index (χ0) is 10.3. The summed E-state index contributed by atoms with van der Waals surface area (Å²) in [6, 6.07) is 1.16. The summed E-state index contributed by atoms with van der Waals surface area (Å²) in [4.78, 5) is 11.4. The van der Waals surface area contributed by atoms with Crippen LogP contribution in [0.15, 0.2) is 0 Å². The predicted molar refractivity (Wildman–Crippen MR) is 61.9 cm³/mol. The Labute approximate surface area is 83.9 Å². The van der Waals surface area contributed by atoms with Crippen molar-refractivity contribution in [2.24, 2.45) is 0 Å². The molecular weight excluding hydrogens is 176 g/mol. The van der Waals surface area contributed by atoms with Gasteiger partial charge in [0, 0.05) is 20.9 Å². The molecule has 0 fully saturated rings. The lowest BCUT2D eigenvalue weighted by Gasteiger charge is -2.14. The molecule has 0 amide bonds. The van der Waals surface area contributed by atoms with E-state index < -0.39 is 8.07 Å². The van der Waals surface area contributed by atoms with Gasteiger partial charge in [-0.2, -0.15) is 0 Å². The van der Waals surface area contributed by atoms with Crippen LogP contribution >= 0.6 is 0 Å². The molecule has 0 rings (SSSR count). The summed E-state index contributed by atoms with van der Waals surface area (Å²) in [5.74, 6) is 0.482. The van der Waals surface area contributed by atoms with Crippen LogP contribution in [0.1, 0.15) is 39.0 Å². The molecule has 0 atom stereocenters. The van der Waals surface area contributed by atoms with Crippen LogP contribution < -0.4 is 0 Å². The number of hydrogen-bond acceptors (Lipinski definition) is 1. The molecule has 2 heteroatoms. The van der Waals surface area contributed by atoms with E-state index in [0.29, 0.717) is 5.78 Å². The molecule has 0 aliphatic heterocycles. The highest BCUT2D eigenvalue weighted by molar-refractivity contribution is 6.76. The predicted octanol–water partition coefficient (Wildman–Crippen LogP) is 3.86. The molecule has 0 heterocycles. The Morgan fingerprint density at radius 2 is 1.69 bits per heavy atom. The van der Waals surface area contributed by atoms with Crippen LogP contribution in [0.25, 0.3) is 0 Å². The lowest BCUT2D eigenvalue weighted by molar-refractivity contribution is -0.118. The van der Waals surface area contributed by atoms with E-state index in [2.05, 4.69) is 26.6 Å². The third-order valence-electron chi connectivity index (χ3n) is 2.21. The average Bonchev–Trinajstić information content (AvgIpc) is 2.00. The minimum atomic E-state index is -0.988. The highest BCUT2D eigenvalue weighted by atomic mass is 28.3. The van der Waals surface area contributed by atoms with Gasteiger partial charge in [-0.3, -0.25) is 4.79 Å². The van der Waals surface area contributed by atoms with Gasteiger partial charge in [0.25, 0.3) is 0 Å². The molecule has 1 nitrogen and oxygen atoms in total. The number of ketones is 1. The van der Waals surface area contributed by atoms with Crippen LogP contribution in [0.3, 0.4) is 0 Å². The molecule has 0 N–H and O–H groups in total. The second-order valence-electron chi connectivity index (χ2n) is 5.06. The first-order chi connectivity index (χ1) is 5.95. The normalized spacial score (nSPS) is 11.7. The number of carbonyl (C=O) groups excluding carboxylic acids is 1. The van der Waals surface area contributed by atoms with Crippen molar-refractivity contribution in [3.05, 3.63) is 0 Å². The third kappa shape index (κ3) is 9.80. The molecule has 0 aromatic carbocycles. The molecule has 0 aliphatic carbocycles. The Morgan fingerprint density at radius 3 is 2.15 bits per heavy atom. The molecule has 0 saturated carbocycles. The van der Waals surface area contributed by atoms with Gasteiger partial charge in [0.05, 0.1) is 0 Å². The maximum absolute atomic E-state index is 11.4. The molecule has 0 aliphatic rings. The van der Waals surface area contributed by atoms with Crippen molar-refractivity contribution < 1.29 is 4.79 Å². The Kier molecular flexibility index (Phi) is 6.30. The number of Topliss-reactive ketones (excluding diaryl/α,β-unsaturated/α-hetero) is 1. The van der Waals surface area contributed by atoms with Crippen LogP contribution in [0.5, 0.6) is 0 Å². The van der Waals surface area contributed by atoms with Crippen molar-refractivity contribution in [3.8, 4) is 0 Å². The van der Waals surface area contributed by atoms with Crippen LogP contribution in [0, 0.1) is 0 Å². The molecule has 0 unspecified atom stereocenters. The molecule has 78 valence electrons. The Hall–Kier alpha value is -0.113. The molecule has 0 radical (unpaired) electrons. The van der Waals surface area contributed by atoms with Crippen LogP contribution in [0.4, 0.5) is 0 Å². The first kappa shape index (κ1) is 12.9. The first-order valence-corrected chi connectivity index (χ1v) is 9.18. The van der Waals surface area contributed by atoms with E-state index >= 15 is 0 Å². The standard InChI is InChI=1S/C11H24OSi/c1-5-6-7-8-11(12)9-10-13(2,3)4/h5-10H2,1-4H3. The number of carbonyl (C=O) groups is 1. The smallest absolute Gasteiger partial charge is 0.132 e. The van der Waals surface area contributed by atoms with Crippen LogP contribution in [-0.4, -0.2) is 13.9 Å². The second kappa shape index (κ2) is 6.36. The maximum atomic E-state index is 11.4. The van der Waals surface area contributed by atoms with Gasteiger partial charge in [-0.05, 0) is 6.42 Å². The van der Waals surface area contributed by atoms with Gasteiger partial charge in [0.1, 0.15) is 5.78 Å². The fourth-order valence-corrected chi connectivity index (χ4v) is 2.24. The third-order valence-corrected chi connectivity index (χ3v) is 3.96. The van der Waals surface area contributed by atoms with E-state index in [1.165, 1.54) is 12.8 Å². The van der Waals surface area contributed by atoms with Crippen molar-refractivity contribution >= 4 is 13.9 Å². The summed E-state index contributed by atoms with van der Waals surface area (Å²) in [6.45, 7) is 9.15. The SMILES string of the molecule is CCCCCC(=O)CC[Si](C)(C)C. The first-order valence-electron chi connectivity index (χ1n) is 5.47. The largest absolute Gasteiger partial charge is 0.300 e. The van der Waals surface area contributed by atoms with E-state index in [4.69, 9.17) is 0 Å². The molecule has 0 bridgehead atoms. The zero-order valence-electron chi connectivity index (χ0n) is 9.65. The van der Waals surface area contributed by atoms with Crippen molar-refractivity contribution in [1.82, 2.24) is 0 Å². The van der Waals surface area contributed by atoms with Gasteiger partial charge < -0.3 is 0 Å². The monoisotopic (exact) mass is 200 g/mol. The quantitative estimate of drug-likeness (QED) is 0.450. The van der Waals surface area contributed by atoms with Gasteiger partial charge in [0.15, 0.2) is 0 Å². The lowest BCUT2D eigenvalue weighted by atomic mass is 10.1. The highest BCUT2D eigenvalue weighted by Gasteiger charge is 2.14. The Balaban J connectivity index is 3.41. The number of rotatable bonds is 7. The van der Waals surface area contributed by atoms with Gasteiger partial charge >= 0.3 is 0 Å². The lowest BCUT2D eigenvalue weighted by Crippen LogP contribution is -2.20. The summed E-state index contributed by atoms with van der Waals surface area (Å²) in [6.07, 6.45) is 5.17. The Morgan fingerprint density at radius 1 is 1.08 bits per heavy atom. The van der Waals surface area contributed by atoms with Gasteiger partial charge in [-0.25, -0.2) is 0 Å². The highest BCUT2D eigenvalue weighted by Crippen LogP contribution is 2.13. The molecular formula is C11H24OSi. The van der Waals surface area contributed by atoms with E-state index in [-0.39, 0.29) is 0 Å². The van der Waals surface area contributed by atoms with Crippen LogP contribution in [-0.2, 0) is 4.79 Å². The fraction of sp³-hybridized carbons (Fsp3) is 0.909. The van der Waals surface area contributed by atoms with Crippen molar-refractivity contribution in [2.75, 3.05) is 0 Å². The van der Waals surface area contributed by atoms with Gasteiger partial charge in [-0.1, -0.05) is 45.5 Å². The summed E-state index contributed by atoms with van der Waals surface area (Å²) >= 11 is 0. The van der Waals surface area contributed by atoms with Gasteiger partial charge in [0.2, 0.25) is 0 Å². The fourth-order valence-electron chi connectivity index (χ4n) is 1.21. The minimum Gasteiger partial charge on any atom is -0.300 e. The van der Waals surface area contributed by atoms with Crippen molar-refractivity contribution in [3.63, 3.8) is 0 Å². The zero-order valence-corrected chi connectivity index (χ0v) is 10.7. The van der Waals surface area contributed by atoms with E-state index in [1.54, 1.807) is 0 Å². The molecule has 0 saturated heterocycles. The van der Waals surface area contributed by atoms with Crippen molar-refractivity contribution in [2.45, 2.75) is 64.7 Å². The molecule has 13 heavy (non-hydrogen) atoms. The molecule has 0 aromatic heterocycles.